The third-order valence-corrected chi connectivity index (χ3v) is 4.21. The van der Waals surface area contributed by atoms with E-state index in [1.165, 1.54) is 48.9 Å². The van der Waals surface area contributed by atoms with Crippen molar-refractivity contribution in [3.8, 4) is 0 Å². The maximum absolute atomic E-state index is 3.86. The Morgan fingerprint density at radius 2 is 2.00 bits per heavy atom. The molecule has 1 atom stereocenters. The van der Waals surface area contributed by atoms with Crippen LogP contribution in [-0.4, -0.2) is 12.6 Å². The van der Waals surface area contributed by atoms with Crippen molar-refractivity contribution >= 4 is 5.69 Å². The van der Waals surface area contributed by atoms with Crippen LogP contribution in [0.15, 0.2) is 18.2 Å². The predicted molar refractivity (Wildman–Crippen MR) is 72.4 cm³/mol. The number of para-hydroxylation sites is 1. The Labute approximate surface area is 104 Å². The fraction of sp³-hybridized carbons (Fsp3) is 0.600. The first-order chi connectivity index (χ1) is 8.34. The summed E-state index contributed by atoms with van der Waals surface area (Å²) < 4.78 is 0. The molecule has 0 radical (unpaired) electrons. The van der Waals surface area contributed by atoms with Crippen LogP contribution in [0.1, 0.15) is 49.3 Å². The van der Waals surface area contributed by atoms with E-state index in [2.05, 4.69) is 35.8 Å². The lowest BCUT2D eigenvalue weighted by Gasteiger charge is -2.31. The number of nitrogens with one attached hydrogen (secondary N) is 2. The molecule has 0 saturated heterocycles. The van der Waals surface area contributed by atoms with E-state index in [1.54, 1.807) is 0 Å². The number of anilines is 1. The Morgan fingerprint density at radius 1 is 1.18 bits per heavy atom. The fourth-order valence-corrected chi connectivity index (χ4v) is 3.27. The largest absolute Gasteiger partial charge is 0.384 e. The second-order valence-corrected chi connectivity index (χ2v) is 5.46. The summed E-state index contributed by atoms with van der Waals surface area (Å²) in [7, 11) is 0. The smallest absolute Gasteiger partial charge is 0.0418 e. The first kappa shape index (κ1) is 11.1. The van der Waals surface area contributed by atoms with Crippen LogP contribution < -0.4 is 10.6 Å². The normalized spacial score (nSPS) is 24.4. The minimum atomic E-state index is 0.564. The van der Waals surface area contributed by atoms with Crippen LogP contribution in [0.25, 0.3) is 0 Å². The van der Waals surface area contributed by atoms with Gasteiger partial charge in [0.2, 0.25) is 0 Å². The predicted octanol–water partition coefficient (Wildman–Crippen LogP) is 3.38. The molecule has 1 aromatic carbocycles. The monoisotopic (exact) mass is 230 g/mol. The molecule has 1 unspecified atom stereocenters. The molecular formula is C15H22N2. The van der Waals surface area contributed by atoms with Gasteiger partial charge in [0.1, 0.15) is 0 Å². The summed E-state index contributed by atoms with van der Waals surface area (Å²) in [5.74, 6) is 0. The average molecular weight is 230 g/mol. The highest BCUT2D eigenvalue weighted by Gasteiger charge is 2.24. The highest BCUT2D eigenvalue weighted by molar-refractivity contribution is 5.59. The highest BCUT2D eigenvalue weighted by Crippen LogP contribution is 2.33. The van der Waals surface area contributed by atoms with Crippen molar-refractivity contribution in [2.75, 3.05) is 11.9 Å². The Bertz CT molecular complexity index is 394. The van der Waals surface area contributed by atoms with Gasteiger partial charge in [-0.3, -0.25) is 0 Å². The van der Waals surface area contributed by atoms with Crippen molar-refractivity contribution in [1.29, 1.82) is 0 Å². The Hall–Kier alpha value is -1.02. The lowest BCUT2D eigenvalue weighted by atomic mass is 9.94. The van der Waals surface area contributed by atoms with Gasteiger partial charge in [0.05, 0.1) is 0 Å². The summed E-state index contributed by atoms with van der Waals surface area (Å²) in [6, 6.07) is 7.98. The molecule has 0 aromatic heterocycles. The van der Waals surface area contributed by atoms with Crippen LogP contribution in [0.5, 0.6) is 0 Å². The number of benzene rings is 1. The van der Waals surface area contributed by atoms with E-state index in [9.17, 15) is 0 Å². The zero-order chi connectivity index (χ0) is 11.7. The van der Waals surface area contributed by atoms with Crippen molar-refractivity contribution < 1.29 is 0 Å². The van der Waals surface area contributed by atoms with Crippen molar-refractivity contribution in [3.63, 3.8) is 0 Å². The maximum Gasteiger partial charge on any atom is 0.0418 e. The summed E-state index contributed by atoms with van der Waals surface area (Å²) in [4.78, 5) is 0. The second-order valence-electron chi connectivity index (χ2n) is 5.46. The summed E-state index contributed by atoms with van der Waals surface area (Å²) in [6.07, 6.45) is 6.76. The molecule has 1 saturated carbocycles. The molecule has 0 amide bonds. The number of rotatable bonds is 2. The first-order valence-corrected chi connectivity index (χ1v) is 6.94. The quantitative estimate of drug-likeness (QED) is 0.814. The maximum atomic E-state index is 3.86. The lowest BCUT2D eigenvalue weighted by Crippen LogP contribution is -2.34. The van der Waals surface area contributed by atoms with Crippen LogP contribution in [0.4, 0.5) is 5.69 Å². The fourth-order valence-electron chi connectivity index (χ4n) is 3.27. The van der Waals surface area contributed by atoms with Gasteiger partial charge >= 0.3 is 0 Å². The molecular weight excluding hydrogens is 208 g/mol. The first-order valence-electron chi connectivity index (χ1n) is 6.94. The number of aryl methyl sites for hydroxylation is 1. The van der Waals surface area contributed by atoms with Gasteiger partial charge in [-0.2, -0.15) is 0 Å². The zero-order valence-electron chi connectivity index (χ0n) is 10.6. The van der Waals surface area contributed by atoms with Gasteiger partial charge in [0, 0.05) is 24.3 Å². The van der Waals surface area contributed by atoms with Gasteiger partial charge < -0.3 is 10.6 Å². The molecule has 1 aliphatic heterocycles. The van der Waals surface area contributed by atoms with Gasteiger partial charge in [0.25, 0.3) is 0 Å². The van der Waals surface area contributed by atoms with Crippen LogP contribution in [0.2, 0.25) is 0 Å². The molecule has 92 valence electrons. The molecule has 3 rings (SSSR count). The summed E-state index contributed by atoms with van der Waals surface area (Å²) in [5.41, 5.74) is 4.22. The average Bonchev–Trinajstić information content (AvgIpc) is 2.83. The number of hydrogen-bond donors (Lipinski definition) is 2. The minimum Gasteiger partial charge on any atom is -0.384 e. The number of hydrogen-bond acceptors (Lipinski definition) is 2. The Morgan fingerprint density at radius 3 is 2.82 bits per heavy atom. The Kier molecular flexibility index (Phi) is 3.06. The van der Waals surface area contributed by atoms with E-state index in [4.69, 9.17) is 0 Å². The molecule has 0 bridgehead atoms. The molecule has 2 heteroatoms. The molecule has 0 spiro atoms. The van der Waals surface area contributed by atoms with Gasteiger partial charge in [-0.05, 0) is 37.3 Å². The molecule has 2 aliphatic rings. The van der Waals surface area contributed by atoms with E-state index in [1.807, 2.05) is 0 Å². The summed E-state index contributed by atoms with van der Waals surface area (Å²) >= 11 is 0. The lowest BCUT2D eigenvalue weighted by molar-refractivity contribution is 0.420. The molecule has 2 nitrogen and oxygen atoms in total. The standard InChI is InChI=1S/C15H22N2/c1-11-5-4-8-13-14(9-10-16-15(11)13)17-12-6-2-3-7-12/h4-5,8,12,14,16-17H,2-3,6-7,9-10H2,1H3. The van der Waals surface area contributed by atoms with Gasteiger partial charge in [0.15, 0.2) is 0 Å². The van der Waals surface area contributed by atoms with E-state index < -0.39 is 0 Å². The van der Waals surface area contributed by atoms with Crippen molar-refractivity contribution in [1.82, 2.24) is 5.32 Å². The molecule has 1 fully saturated rings. The SMILES string of the molecule is Cc1cccc2c1NCCC2NC1CCCC1. The van der Waals surface area contributed by atoms with Gasteiger partial charge in [-0.1, -0.05) is 31.0 Å². The van der Waals surface area contributed by atoms with Crippen LogP contribution in [0, 0.1) is 6.92 Å². The molecule has 1 aromatic rings. The topological polar surface area (TPSA) is 24.1 Å². The third kappa shape index (κ3) is 2.19. The minimum absolute atomic E-state index is 0.564. The van der Waals surface area contributed by atoms with Crippen molar-refractivity contribution in [3.05, 3.63) is 29.3 Å². The summed E-state index contributed by atoms with van der Waals surface area (Å²) in [5, 5.41) is 7.41. The Balaban J connectivity index is 1.81. The van der Waals surface area contributed by atoms with Crippen molar-refractivity contribution in [2.24, 2.45) is 0 Å². The molecule has 1 aliphatic carbocycles. The van der Waals surface area contributed by atoms with Crippen LogP contribution >= 0.6 is 0 Å². The second kappa shape index (κ2) is 4.69. The van der Waals surface area contributed by atoms with Crippen LogP contribution in [0.3, 0.4) is 0 Å². The molecule has 1 heterocycles. The highest BCUT2D eigenvalue weighted by atomic mass is 15.0. The zero-order valence-corrected chi connectivity index (χ0v) is 10.6. The van der Waals surface area contributed by atoms with E-state index >= 15 is 0 Å². The van der Waals surface area contributed by atoms with E-state index in [-0.39, 0.29) is 0 Å². The van der Waals surface area contributed by atoms with Gasteiger partial charge in [-0.25, -0.2) is 0 Å². The summed E-state index contributed by atoms with van der Waals surface area (Å²) in [6.45, 7) is 3.30. The van der Waals surface area contributed by atoms with E-state index in [0.29, 0.717) is 6.04 Å². The third-order valence-electron chi connectivity index (χ3n) is 4.21. The van der Waals surface area contributed by atoms with Crippen LogP contribution in [-0.2, 0) is 0 Å². The van der Waals surface area contributed by atoms with Crippen molar-refractivity contribution in [2.45, 2.75) is 51.1 Å². The molecule has 2 N–H and O–H groups in total. The van der Waals surface area contributed by atoms with E-state index in [0.717, 1.165) is 12.6 Å². The molecule has 17 heavy (non-hydrogen) atoms. The number of fused-ring (bicyclic) bond motifs is 1. The van der Waals surface area contributed by atoms with Gasteiger partial charge in [-0.15, -0.1) is 0 Å².